The van der Waals surface area contributed by atoms with Crippen LogP contribution in [0.25, 0.3) is 0 Å². The Morgan fingerprint density at radius 1 is 1.62 bits per heavy atom. The quantitative estimate of drug-likeness (QED) is 0.732. The molecule has 0 aliphatic carbocycles. The summed E-state index contributed by atoms with van der Waals surface area (Å²) >= 11 is 1.06. The van der Waals surface area contributed by atoms with E-state index in [1.165, 1.54) is 6.07 Å². The highest BCUT2D eigenvalue weighted by atomic mass is 32.2. The van der Waals surface area contributed by atoms with Gasteiger partial charge in [-0.05, 0) is 19.4 Å². The van der Waals surface area contributed by atoms with Crippen LogP contribution >= 0.6 is 11.3 Å². The first kappa shape index (κ1) is 13.4. The van der Waals surface area contributed by atoms with Crippen molar-refractivity contribution in [3.63, 3.8) is 0 Å². The molecule has 0 bridgehead atoms. The minimum Gasteiger partial charge on any atom is -0.398 e. The first-order valence-electron chi connectivity index (χ1n) is 4.82. The van der Waals surface area contributed by atoms with Crippen LogP contribution in [0.1, 0.15) is 20.3 Å². The molecule has 0 saturated carbocycles. The molecule has 0 radical (unpaired) electrons. The highest BCUT2D eigenvalue weighted by molar-refractivity contribution is 7.91. The lowest BCUT2D eigenvalue weighted by Gasteiger charge is -2.26. The zero-order valence-corrected chi connectivity index (χ0v) is 10.9. The average Bonchev–Trinajstić information content (AvgIpc) is 2.65. The van der Waals surface area contributed by atoms with E-state index in [0.29, 0.717) is 12.1 Å². The van der Waals surface area contributed by atoms with Gasteiger partial charge in [0.05, 0.1) is 12.1 Å². The van der Waals surface area contributed by atoms with Gasteiger partial charge in [0.1, 0.15) is 4.21 Å². The monoisotopic (exact) mass is 264 g/mol. The highest BCUT2D eigenvalue weighted by Crippen LogP contribution is 2.23. The second-order valence-electron chi connectivity index (χ2n) is 3.88. The van der Waals surface area contributed by atoms with Crippen LogP contribution in [-0.4, -0.2) is 25.7 Å². The van der Waals surface area contributed by atoms with Crippen molar-refractivity contribution >= 4 is 27.0 Å². The fourth-order valence-corrected chi connectivity index (χ4v) is 3.61. The van der Waals surface area contributed by atoms with Gasteiger partial charge in [0.15, 0.2) is 0 Å². The van der Waals surface area contributed by atoms with Crippen LogP contribution in [-0.2, 0) is 10.0 Å². The van der Waals surface area contributed by atoms with Crippen molar-refractivity contribution < 1.29 is 13.5 Å². The van der Waals surface area contributed by atoms with Gasteiger partial charge in [-0.25, -0.2) is 13.1 Å². The lowest BCUT2D eigenvalue weighted by molar-refractivity contribution is 0.191. The minimum atomic E-state index is -3.59. The van der Waals surface area contributed by atoms with Crippen molar-refractivity contribution in [3.8, 4) is 0 Å². The lowest BCUT2D eigenvalue weighted by atomic mass is 10.0. The summed E-state index contributed by atoms with van der Waals surface area (Å²) in [5, 5.41) is 10.7. The zero-order chi connectivity index (χ0) is 12.4. The predicted molar refractivity (Wildman–Crippen MR) is 64.8 cm³/mol. The Labute approximate surface area is 99.3 Å². The van der Waals surface area contributed by atoms with E-state index in [1.807, 2.05) is 6.92 Å². The summed E-state index contributed by atoms with van der Waals surface area (Å²) in [6.07, 6.45) is 0.504. The van der Waals surface area contributed by atoms with E-state index in [4.69, 9.17) is 10.8 Å². The van der Waals surface area contributed by atoms with E-state index in [2.05, 4.69) is 4.72 Å². The van der Waals surface area contributed by atoms with Gasteiger partial charge in [-0.15, -0.1) is 11.3 Å². The first-order valence-corrected chi connectivity index (χ1v) is 7.18. The number of nitrogen functional groups attached to an aromatic ring is 1. The Balaban J connectivity index is 2.96. The standard InChI is InChI=1S/C9H16N2O3S2/c1-3-9(2,6-12)11-16(13,14)8-4-7(10)5-15-8/h4-5,11-12H,3,6,10H2,1-2H3. The Bertz CT molecular complexity index is 449. The number of aliphatic hydroxyl groups excluding tert-OH is 1. The van der Waals surface area contributed by atoms with Crippen LogP contribution in [0.5, 0.6) is 0 Å². The second-order valence-corrected chi connectivity index (χ2v) is 6.70. The molecular formula is C9H16N2O3S2. The summed E-state index contributed by atoms with van der Waals surface area (Å²) in [6, 6.07) is 1.40. The third kappa shape index (κ3) is 2.94. The Kier molecular flexibility index (Phi) is 3.95. The summed E-state index contributed by atoms with van der Waals surface area (Å²) in [4.78, 5) is 0. The summed E-state index contributed by atoms with van der Waals surface area (Å²) in [7, 11) is -3.59. The van der Waals surface area contributed by atoms with Gasteiger partial charge >= 0.3 is 0 Å². The Morgan fingerprint density at radius 3 is 2.62 bits per heavy atom. The smallest absolute Gasteiger partial charge is 0.250 e. The molecule has 0 aliphatic rings. The van der Waals surface area contributed by atoms with Crippen LogP contribution < -0.4 is 10.5 Å². The topological polar surface area (TPSA) is 92.4 Å². The molecule has 0 amide bonds. The zero-order valence-electron chi connectivity index (χ0n) is 9.23. The molecule has 4 N–H and O–H groups in total. The van der Waals surface area contributed by atoms with Gasteiger partial charge in [-0.3, -0.25) is 0 Å². The number of hydrogen-bond donors (Lipinski definition) is 3. The largest absolute Gasteiger partial charge is 0.398 e. The molecule has 1 atom stereocenters. The van der Waals surface area contributed by atoms with E-state index in [1.54, 1.807) is 12.3 Å². The maximum Gasteiger partial charge on any atom is 0.250 e. The number of nitrogens with two attached hydrogens (primary N) is 1. The molecular weight excluding hydrogens is 248 g/mol. The molecule has 1 heterocycles. The van der Waals surface area contributed by atoms with Crippen LogP contribution in [0.4, 0.5) is 5.69 Å². The fourth-order valence-electron chi connectivity index (χ4n) is 1.06. The molecule has 7 heteroatoms. The number of anilines is 1. The predicted octanol–water partition coefficient (Wildman–Crippen LogP) is 0.770. The number of aliphatic hydroxyl groups is 1. The molecule has 1 unspecified atom stereocenters. The molecule has 1 aromatic rings. The van der Waals surface area contributed by atoms with Crippen molar-refractivity contribution in [2.75, 3.05) is 12.3 Å². The van der Waals surface area contributed by atoms with Crippen molar-refractivity contribution in [2.45, 2.75) is 30.0 Å². The third-order valence-corrected chi connectivity index (χ3v) is 5.47. The number of rotatable bonds is 5. The number of nitrogens with one attached hydrogen (secondary N) is 1. The maximum absolute atomic E-state index is 11.9. The van der Waals surface area contributed by atoms with Gasteiger partial charge in [-0.1, -0.05) is 6.92 Å². The third-order valence-electron chi connectivity index (χ3n) is 2.37. The van der Waals surface area contributed by atoms with Crippen LogP contribution in [0.3, 0.4) is 0 Å². The van der Waals surface area contributed by atoms with Crippen LogP contribution in [0.2, 0.25) is 0 Å². The van der Waals surface area contributed by atoms with Crippen molar-refractivity contribution in [1.82, 2.24) is 4.72 Å². The van der Waals surface area contributed by atoms with Crippen LogP contribution in [0, 0.1) is 0 Å². The second kappa shape index (κ2) is 4.70. The molecule has 5 nitrogen and oxygen atoms in total. The summed E-state index contributed by atoms with van der Waals surface area (Å²) < 4.78 is 26.5. The molecule has 0 saturated heterocycles. The van der Waals surface area contributed by atoms with Gasteiger partial charge in [-0.2, -0.15) is 0 Å². The van der Waals surface area contributed by atoms with Crippen molar-refractivity contribution in [3.05, 3.63) is 11.4 Å². The fraction of sp³-hybridized carbons (Fsp3) is 0.556. The SMILES string of the molecule is CCC(C)(CO)NS(=O)(=O)c1cc(N)cs1. The van der Waals surface area contributed by atoms with Crippen molar-refractivity contribution in [2.24, 2.45) is 0 Å². The van der Waals surface area contributed by atoms with E-state index >= 15 is 0 Å². The Morgan fingerprint density at radius 2 is 2.25 bits per heavy atom. The van der Waals surface area contributed by atoms with Gasteiger partial charge in [0.2, 0.25) is 0 Å². The molecule has 0 spiro atoms. The van der Waals surface area contributed by atoms with Gasteiger partial charge in [0.25, 0.3) is 10.0 Å². The molecule has 0 aliphatic heterocycles. The van der Waals surface area contributed by atoms with Gasteiger partial charge in [0, 0.05) is 11.1 Å². The van der Waals surface area contributed by atoms with E-state index in [9.17, 15) is 8.42 Å². The maximum atomic E-state index is 11.9. The number of sulfonamides is 1. The molecule has 0 fully saturated rings. The summed E-state index contributed by atoms with van der Waals surface area (Å²) in [5.41, 5.74) is 5.06. The minimum absolute atomic E-state index is 0.165. The normalized spacial score (nSPS) is 15.9. The lowest BCUT2D eigenvalue weighted by Crippen LogP contribution is -2.48. The van der Waals surface area contributed by atoms with Crippen LogP contribution in [0.15, 0.2) is 15.7 Å². The number of thiophene rings is 1. The first-order chi connectivity index (χ1) is 7.33. The number of hydrogen-bond acceptors (Lipinski definition) is 5. The molecule has 0 aromatic carbocycles. The Hall–Kier alpha value is -0.630. The average molecular weight is 264 g/mol. The van der Waals surface area contributed by atoms with Crippen molar-refractivity contribution in [1.29, 1.82) is 0 Å². The van der Waals surface area contributed by atoms with E-state index in [0.717, 1.165) is 11.3 Å². The highest BCUT2D eigenvalue weighted by Gasteiger charge is 2.29. The summed E-state index contributed by atoms with van der Waals surface area (Å²) in [6.45, 7) is 3.21. The molecule has 1 rings (SSSR count). The summed E-state index contributed by atoms with van der Waals surface area (Å²) in [5.74, 6) is 0. The molecule has 16 heavy (non-hydrogen) atoms. The van der Waals surface area contributed by atoms with Gasteiger partial charge < -0.3 is 10.8 Å². The van der Waals surface area contributed by atoms with E-state index < -0.39 is 15.6 Å². The molecule has 1 aromatic heterocycles. The molecule has 92 valence electrons. The van der Waals surface area contributed by atoms with E-state index in [-0.39, 0.29) is 10.8 Å².